The highest BCUT2D eigenvalue weighted by Gasteiger charge is 2.42. The zero-order valence-electron chi connectivity index (χ0n) is 10.4. The van der Waals surface area contributed by atoms with Gasteiger partial charge in [0.15, 0.2) is 0 Å². The first-order valence-electron chi connectivity index (χ1n) is 6.52. The molecular weight excluding hydrogens is 212 g/mol. The Labute approximate surface area is 103 Å². The van der Waals surface area contributed by atoms with E-state index < -0.39 is 11.4 Å². The first kappa shape index (κ1) is 12.2. The number of carboxylic acids is 1. The van der Waals surface area contributed by atoms with Gasteiger partial charge in [0.05, 0.1) is 5.41 Å². The molecule has 2 nitrogen and oxygen atoms in total. The van der Waals surface area contributed by atoms with Crippen LogP contribution in [-0.4, -0.2) is 11.1 Å². The first-order chi connectivity index (χ1) is 8.20. The van der Waals surface area contributed by atoms with E-state index in [0.717, 1.165) is 44.1 Å². The Morgan fingerprint density at radius 2 is 2.18 bits per heavy atom. The van der Waals surface area contributed by atoms with E-state index in [2.05, 4.69) is 13.0 Å². The average Bonchev–Trinajstić information content (AvgIpc) is 2.36. The van der Waals surface area contributed by atoms with Gasteiger partial charge in [0, 0.05) is 0 Å². The molecule has 0 fully saturated rings. The van der Waals surface area contributed by atoms with Crippen molar-refractivity contribution in [2.45, 2.75) is 50.9 Å². The summed E-state index contributed by atoms with van der Waals surface area (Å²) in [5.74, 6) is -0.641. The topological polar surface area (TPSA) is 37.3 Å². The van der Waals surface area contributed by atoms with Crippen molar-refractivity contribution in [2.75, 3.05) is 0 Å². The van der Waals surface area contributed by atoms with Gasteiger partial charge in [-0.2, -0.15) is 0 Å². The van der Waals surface area contributed by atoms with Crippen LogP contribution in [0.3, 0.4) is 0 Å². The fraction of sp³-hybridized carbons (Fsp3) is 0.533. The molecule has 0 spiro atoms. The minimum Gasteiger partial charge on any atom is -0.481 e. The molecule has 0 aliphatic heterocycles. The molecular formula is C15H20O2. The van der Waals surface area contributed by atoms with Gasteiger partial charge in [0.25, 0.3) is 0 Å². The van der Waals surface area contributed by atoms with Gasteiger partial charge in [-0.3, -0.25) is 4.79 Å². The minimum atomic E-state index is -0.641. The van der Waals surface area contributed by atoms with Crippen LogP contribution in [0.1, 0.15) is 50.2 Å². The van der Waals surface area contributed by atoms with Gasteiger partial charge in [-0.15, -0.1) is 0 Å². The molecule has 1 aromatic rings. The second-order valence-electron chi connectivity index (χ2n) is 5.00. The lowest BCUT2D eigenvalue weighted by Gasteiger charge is -2.35. The molecule has 1 unspecified atom stereocenters. The molecule has 2 rings (SSSR count). The van der Waals surface area contributed by atoms with Crippen LogP contribution in [0.25, 0.3) is 0 Å². The van der Waals surface area contributed by atoms with Crippen molar-refractivity contribution < 1.29 is 9.90 Å². The largest absolute Gasteiger partial charge is 0.481 e. The molecule has 0 aromatic heterocycles. The SMILES string of the molecule is CCCCC1(C(=O)O)CCCc2ccccc21. The number of carboxylic acid groups (broad SMARTS) is 1. The summed E-state index contributed by atoms with van der Waals surface area (Å²) >= 11 is 0. The molecule has 1 atom stereocenters. The number of benzene rings is 1. The van der Waals surface area contributed by atoms with Crippen LogP contribution in [0.5, 0.6) is 0 Å². The Hall–Kier alpha value is -1.31. The van der Waals surface area contributed by atoms with E-state index >= 15 is 0 Å². The Morgan fingerprint density at radius 3 is 2.88 bits per heavy atom. The molecule has 0 heterocycles. The van der Waals surface area contributed by atoms with Gasteiger partial charge >= 0.3 is 5.97 Å². The summed E-state index contributed by atoms with van der Waals surface area (Å²) in [6.45, 7) is 2.12. The van der Waals surface area contributed by atoms with E-state index in [9.17, 15) is 9.90 Å². The number of carbonyl (C=O) groups is 1. The highest BCUT2D eigenvalue weighted by molar-refractivity contribution is 5.82. The van der Waals surface area contributed by atoms with E-state index in [1.54, 1.807) is 0 Å². The predicted octanol–water partition coefficient (Wildman–Crippen LogP) is 3.54. The lowest BCUT2D eigenvalue weighted by Crippen LogP contribution is -2.39. The second kappa shape index (κ2) is 4.91. The Balaban J connectivity index is 2.43. The van der Waals surface area contributed by atoms with Gasteiger partial charge in [-0.25, -0.2) is 0 Å². The zero-order chi connectivity index (χ0) is 12.3. The lowest BCUT2D eigenvalue weighted by molar-refractivity contribution is -0.145. The smallest absolute Gasteiger partial charge is 0.314 e. The molecule has 0 saturated carbocycles. The predicted molar refractivity (Wildman–Crippen MR) is 68.2 cm³/mol. The summed E-state index contributed by atoms with van der Waals surface area (Å²) in [6.07, 6.45) is 5.62. The minimum absolute atomic E-state index is 0.620. The summed E-state index contributed by atoms with van der Waals surface area (Å²) in [5, 5.41) is 9.66. The van der Waals surface area contributed by atoms with Gasteiger partial charge in [-0.1, -0.05) is 44.0 Å². The standard InChI is InChI=1S/C15H20O2/c1-2-3-10-15(14(16)17)11-6-8-12-7-4-5-9-13(12)15/h4-5,7,9H,2-3,6,8,10-11H2,1H3,(H,16,17). The number of hydrogen-bond acceptors (Lipinski definition) is 1. The maximum absolute atomic E-state index is 11.7. The number of rotatable bonds is 4. The van der Waals surface area contributed by atoms with Crippen molar-refractivity contribution in [2.24, 2.45) is 0 Å². The van der Waals surface area contributed by atoms with Crippen LogP contribution >= 0.6 is 0 Å². The van der Waals surface area contributed by atoms with E-state index in [1.807, 2.05) is 18.2 Å². The van der Waals surface area contributed by atoms with E-state index in [4.69, 9.17) is 0 Å². The molecule has 17 heavy (non-hydrogen) atoms. The quantitative estimate of drug-likeness (QED) is 0.862. The van der Waals surface area contributed by atoms with Crippen molar-refractivity contribution in [3.63, 3.8) is 0 Å². The number of unbranched alkanes of at least 4 members (excludes halogenated alkanes) is 1. The summed E-state index contributed by atoms with van der Waals surface area (Å²) in [5.41, 5.74) is 1.68. The molecule has 0 amide bonds. The number of hydrogen-bond donors (Lipinski definition) is 1. The zero-order valence-corrected chi connectivity index (χ0v) is 10.4. The maximum atomic E-state index is 11.7. The van der Waals surface area contributed by atoms with E-state index in [0.29, 0.717) is 0 Å². The third-order valence-corrected chi connectivity index (χ3v) is 3.95. The molecule has 0 radical (unpaired) electrons. The van der Waals surface area contributed by atoms with Crippen molar-refractivity contribution in [3.05, 3.63) is 35.4 Å². The van der Waals surface area contributed by atoms with Crippen molar-refractivity contribution in [3.8, 4) is 0 Å². The van der Waals surface area contributed by atoms with Gasteiger partial charge in [-0.05, 0) is 36.8 Å². The molecule has 0 bridgehead atoms. The monoisotopic (exact) mass is 232 g/mol. The van der Waals surface area contributed by atoms with Crippen LogP contribution in [0, 0.1) is 0 Å². The summed E-state index contributed by atoms with van der Waals surface area (Å²) < 4.78 is 0. The van der Waals surface area contributed by atoms with Crippen molar-refractivity contribution in [1.29, 1.82) is 0 Å². The summed E-state index contributed by atoms with van der Waals surface area (Å²) in [6, 6.07) is 8.07. The number of aliphatic carboxylic acids is 1. The normalized spacial score (nSPS) is 23.1. The van der Waals surface area contributed by atoms with E-state index in [1.165, 1.54) is 5.56 Å². The van der Waals surface area contributed by atoms with Crippen LogP contribution < -0.4 is 0 Å². The van der Waals surface area contributed by atoms with Crippen LogP contribution in [0.2, 0.25) is 0 Å². The molecule has 0 saturated heterocycles. The van der Waals surface area contributed by atoms with Crippen LogP contribution in [-0.2, 0) is 16.6 Å². The van der Waals surface area contributed by atoms with Crippen LogP contribution in [0.4, 0.5) is 0 Å². The third kappa shape index (κ3) is 2.08. The summed E-state index contributed by atoms with van der Waals surface area (Å²) in [4.78, 5) is 11.7. The number of aryl methyl sites for hydroxylation is 1. The Bertz CT molecular complexity index is 411. The Kier molecular flexibility index (Phi) is 3.51. The average molecular weight is 232 g/mol. The third-order valence-electron chi connectivity index (χ3n) is 3.95. The summed E-state index contributed by atoms with van der Waals surface area (Å²) in [7, 11) is 0. The maximum Gasteiger partial charge on any atom is 0.314 e. The van der Waals surface area contributed by atoms with Crippen molar-refractivity contribution >= 4 is 5.97 Å². The molecule has 1 N–H and O–H groups in total. The van der Waals surface area contributed by atoms with Gasteiger partial charge < -0.3 is 5.11 Å². The molecule has 92 valence electrons. The molecule has 2 heteroatoms. The van der Waals surface area contributed by atoms with E-state index in [-0.39, 0.29) is 0 Å². The van der Waals surface area contributed by atoms with Crippen molar-refractivity contribution in [1.82, 2.24) is 0 Å². The Morgan fingerprint density at radius 1 is 1.41 bits per heavy atom. The fourth-order valence-electron chi connectivity index (χ4n) is 2.99. The second-order valence-corrected chi connectivity index (χ2v) is 5.00. The molecule has 1 aliphatic carbocycles. The fourth-order valence-corrected chi connectivity index (χ4v) is 2.99. The molecule has 1 aliphatic rings. The van der Waals surface area contributed by atoms with Gasteiger partial charge in [0.2, 0.25) is 0 Å². The lowest BCUT2D eigenvalue weighted by atomic mass is 9.67. The highest BCUT2D eigenvalue weighted by Crippen LogP contribution is 2.41. The van der Waals surface area contributed by atoms with Crippen LogP contribution in [0.15, 0.2) is 24.3 Å². The van der Waals surface area contributed by atoms with Gasteiger partial charge in [0.1, 0.15) is 0 Å². The first-order valence-corrected chi connectivity index (χ1v) is 6.52. The molecule has 1 aromatic carbocycles. The highest BCUT2D eigenvalue weighted by atomic mass is 16.4. The number of fused-ring (bicyclic) bond motifs is 1.